The summed E-state index contributed by atoms with van der Waals surface area (Å²) in [4.78, 5) is 0. The van der Waals surface area contributed by atoms with Crippen LogP contribution in [-0.2, 0) is 9.47 Å². The number of hydrogen-bond acceptors (Lipinski definition) is 2. The van der Waals surface area contributed by atoms with Crippen LogP contribution in [0, 0.1) is 6.92 Å². The lowest BCUT2D eigenvalue weighted by Crippen LogP contribution is -2.50. The molecular weight excluding hydrogens is 188 g/mol. The largest absolute Gasteiger partial charge is 0.375 e. The number of hydrogen-bond donors (Lipinski definition) is 0. The first-order chi connectivity index (χ1) is 7.22. The molecule has 2 rings (SSSR count). The van der Waals surface area contributed by atoms with E-state index >= 15 is 0 Å². The van der Waals surface area contributed by atoms with E-state index in [1.165, 1.54) is 5.56 Å². The standard InChI is InChI=1S/C7H8.C6H12O2/c1-7-5-3-2-4-6-7;1-3-6(7-2)4-8-5-6/h2-6H,1H3;3-5H2,1-2H3. The maximum atomic E-state index is 5.20. The molecule has 1 saturated heterocycles. The van der Waals surface area contributed by atoms with Gasteiger partial charge in [0.25, 0.3) is 0 Å². The SMILES string of the molecule is CCC1(OC)COC1.Cc1ccccc1. The molecule has 0 aliphatic carbocycles. The average Bonchev–Trinajstić information content (AvgIpc) is 2.20. The lowest BCUT2D eigenvalue weighted by molar-refractivity contribution is -0.196. The predicted octanol–water partition coefficient (Wildman–Crippen LogP) is 2.81. The first-order valence-electron chi connectivity index (χ1n) is 5.37. The van der Waals surface area contributed by atoms with Gasteiger partial charge in [-0.3, -0.25) is 0 Å². The van der Waals surface area contributed by atoms with Crippen LogP contribution in [0.4, 0.5) is 0 Å². The molecule has 0 unspecified atom stereocenters. The Bertz CT molecular complexity index is 252. The Labute approximate surface area is 92.2 Å². The summed E-state index contributed by atoms with van der Waals surface area (Å²) in [6.45, 7) is 5.76. The van der Waals surface area contributed by atoms with E-state index in [0.29, 0.717) is 0 Å². The summed E-state index contributed by atoms with van der Waals surface area (Å²) in [5, 5.41) is 0. The van der Waals surface area contributed by atoms with Crippen LogP contribution in [0.15, 0.2) is 30.3 Å². The van der Waals surface area contributed by atoms with Gasteiger partial charge in [0.05, 0.1) is 13.2 Å². The second-order valence-electron chi connectivity index (χ2n) is 3.89. The van der Waals surface area contributed by atoms with Gasteiger partial charge in [-0.05, 0) is 13.3 Å². The van der Waals surface area contributed by atoms with Gasteiger partial charge >= 0.3 is 0 Å². The van der Waals surface area contributed by atoms with Crippen LogP contribution in [0.25, 0.3) is 0 Å². The molecule has 0 aromatic heterocycles. The fourth-order valence-electron chi connectivity index (χ4n) is 1.33. The van der Waals surface area contributed by atoms with Crippen LogP contribution < -0.4 is 0 Å². The molecule has 1 aromatic rings. The van der Waals surface area contributed by atoms with Gasteiger partial charge in [-0.15, -0.1) is 0 Å². The highest BCUT2D eigenvalue weighted by molar-refractivity contribution is 5.11. The van der Waals surface area contributed by atoms with Gasteiger partial charge in [-0.25, -0.2) is 0 Å². The normalized spacial score (nSPS) is 17.3. The summed E-state index contributed by atoms with van der Waals surface area (Å²) in [6, 6.07) is 10.3. The molecule has 0 N–H and O–H groups in total. The van der Waals surface area contributed by atoms with Crippen molar-refractivity contribution >= 4 is 0 Å². The maximum absolute atomic E-state index is 5.20. The zero-order chi connectivity index (χ0) is 11.1. The van der Waals surface area contributed by atoms with Crippen LogP contribution in [-0.4, -0.2) is 25.9 Å². The van der Waals surface area contributed by atoms with E-state index in [2.05, 4.69) is 26.0 Å². The number of rotatable bonds is 2. The molecule has 2 heteroatoms. The molecule has 15 heavy (non-hydrogen) atoms. The molecule has 0 bridgehead atoms. The van der Waals surface area contributed by atoms with E-state index in [0.717, 1.165) is 19.6 Å². The first-order valence-corrected chi connectivity index (χ1v) is 5.37. The van der Waals surface area contributed by atoms with Gasteiger partial charge in [-0.2, -0.15) is 0 Å². The lowest BCUT2D eigenvalue weighted by atomic mass is 9.99. The molecule has 0 spiro atoms. The molecule has 1 aromatic carbocycles. The fourth-order valence-corrected chi connectivity index (χ4v) is 1.33. The van der Waals surface area contributed by atoms with Gasteiger partial charge in [0.2, 0.25) is 0 Å². The Morgan fingerprint density at radius 1 is 1.27 bits per heavy atom. The third-order valence-electron chi connectivity index (χ3n) is 2.75. The van der Waals surface area contributed by atoms with Crippen LogP contribution in [0.3, 0.4) is 0 Å². The van der Waals surface area contributed by atoms with Crippen LogP contribution in [0.2, 0.25) is 0 Å². The monoisotopic (exact) mass is 208 g/mol. The van der Waals surface area contributed by atoms with Crippen molar-refractivity contribution in [3.05, 3.63) is 35.9 Å². The van der Waals surface area contributed by atoms with Gasteiger partial charge in [-0.1, -0.05) is 42.8 Å². The highest BCUT2D eigenvalue weighted by Crippen LogP contribution is 2.23. The third kappa shape index (κ3) is 3.65. The van der Waals surface area contributed by atoms with Gasteiger partial charge in [0.15, 0.2) is 0 Å². The Hall–Kier alpha value is -0.860. The van der Waals surface area contributed by atoms with Crippen molar-refractivity contribution in [1.82, 2.24) is 0 Å². The average molecular weight is 208 g/mol. The van der Waals surface area contributed by atoms with Crippen LogP contribution in [0.5, 0.6) is 0 Å². The van der Waals surface area contributed by atoms with E-state index in [1.807, 2.05) is 18.2 Å². The highest BCUT2D eigenvalue weighted by atomic mass is 16.6. The summed E-state index contributed by atoms with van der Waals surface area (Å²) in [6.07, 6.45) is 1.06. The minimum atomic E-state index is 0.0833. The van der Waals surface area contributed by atoms with E-state index in [-0.39, 0.29) is 5.60 Å². The zero-order valence-corrected chi connectivity index (χ0v) is 9.82. The first kappa shape index (κ1) is 12.2. The van der Waals surface area contributed by atoms with Crippen molar-refractivity contribution in [2.75, 3.05) is 20.3 Å². The zero-order valence-electron chi connectivity index (χ0n) is 9.82. The van der Waals surface area contributed by atoms with E-state index in [9.17, 15) is 0 Å². The quantitative estimate of drug-likeness (QED) is 0.744. The Morgan fingerprint density at radius 2 is 1.87 bits per heavy atom. The molecule has 0 atom stereocenters. The lowest BCUT2D eigenvalue weighted by Gasteiger charge is -2.39. The van der Waals surface area contributed by atoms with Crippen molar-refractivity contribution in [2.24, 2.45) is 0 Å². The summed E-state index contributed by atoms with van der Waals surface area (Å²) < 4.78 is 10.2. The number of benzene rings is 1. The molecule has 1 aliphatic heterocycles. The minimum absolute atomic E-state index is 0.0833. The van der Waals surface area contributed by atoms with Gasteiger partial charge < -0.3 is 9.47 Å². The number of methoxy groups -OCH3 is 1. The molecular formula is C13H20O2. The predicted molar refractivity (Wildman–Crippen MR) is 62.0 cm³/mol. The van der Waals surface area contributed by atoms with Gasteiger partial charge in [0.1, 0.15) is 5.60 Å². The van der Waals surface area contributed by atoms with Crippen molar-refractivity contribution in [2.45, 2.75) is 25.9 Å². The molecule has 0 radical (unpaired) electrons. The summed E-state index contributed by atoms with van der Waals surface area (Å²) in [7, 11) is 1.74. The molecule has 0 amide bonds. The van der Waals surface area contributed by atoms with Crippen molar-refractivity contribution in [3.63, 3.8) is 0 Å². The smallest absolute Gasteiger partial charge is 0.114 e. The van der Waals surface area contributed by atoms with E-state index in [1.54, 1.807) is 7.11 Å². The van der Waals surface area contributed by atoms with Gasteiger partial charge in [0, 0.05) is 7.11 Å². The Morgan fingerprint density at radius 3 is 2.00 bits per heavy atom. The molecule has 1 aliphatic rings. The highest BCUT2D eigenvalue weighted by Gasteiger charge is 2.36. The molecule has 2 nitrogen and oxygen atoms in total. The van der Waals surface area contributed by atoms with Crippen LogP contribution >= 0.6 is 0 Å². The molecule has 1 heterocycles. The van der Waals surface area contributed by atoms with Crippen LogP contribution in [0.1, 0.15) is 18.9 Å². The number of aryl methyl sites for hydroxylation is 1. The topological polar surface area (TPSA) is 18.5 Å². The van der Waals surface area contributed by atoms with Crippen molar-refractivity contribution < 1.29 is 9.47 Å². The second kappa shape index (κ2) is 5.89. The fraction of sp³-hybridized carbons (Fsp3) is 0.538. The van der Waals surface area contributed by atoms with E-state index < -0.39 is 0 Å². The van der Waals surface area contributed by atoms with Crippen molar-refractivity contribution in [1.29, 1.82) is 0 Å². The number of ether oxygens (including phenoxy) is 2. The second-order valence-corrected chi connectivity index (χ2v) is 3.89. The summed E-state index contributed by atoms with van der Waals surface area (Å²) in [5.74, 6) is 0. The summed E-state index contributed by atoms with van der Waals surface area (Å²) >= 11 is 0. The third-order valence-corrected chi connectivity index (χ3v) is 2.75. The Kier molecular flexibility index (Phi) is 4.79. The minimum Gasteiger partial charge on any atom is -0.375 e. The molecule has 84 valence electrons. The Balaban J connectivity index is 0.000000151. The summed E-state index contributed by atoms with van der Waals surface area (Å²) in [5.41, 5.74) is 1.41. The van der Waals surface area contributed by atoms with E-state index in [4.69, 9.17) is 9.47 Å². The maximum Gasteiger partial charge on any atom is 0.114 e. The molecule has 0 saturated carbocycles. The van der Waals surface area contributed by atoms with Crippen molar-refractivity contribution in [3.8, 4) is 0 Å². The molecule has 1 fully saturated rings.